The summed E-state index contributed by atoms with van der Waals surface area (Å²) in [5, 5.41) is 18.8. The van der Waals surface area contributed by atoms with Crippen molar-refractivity contribution >= 4 is 0 Å². The monoisotopic (exact) mass is 296 g/mol. The zero-order valence-corrected chi connectivity index (χ0v) is 12.1. The summed E-state index contributed by atoms with van der Waals surface area (Å²) < 4.78 is 13.4. The lowest BCUT2D eigenvalue weighted by Crippen LogP contribution is -2.24. The molecule has 1 saturated heterocycles. The maximum absolute atomic E-state index is 13.4. The number of nitrogens with zero attached hydrogens (tertiary/aromatic N) is 2. The van der Waals surface area contributed by atoms with Gasteiger partial charge < -0.3 is 5.11 Å². The first-order valence-corrected chi connectivity index (χ1v) is 7.32. The van der Waals surface area contributed by atoms with Crippen LogP contribution >= 0.6 is 0 Å². The SMILES string of the molecule is N#Cc1ccc(CN2C[C@H](O)C[C@H]2c2cccc(F)c2)cc1. The van der Waals surface area contributed by atoms with Crippen LogP contribution in [0.15, 0.2) is 48.5 Å². The molecular weight excluding hydrogens is 279 g/mol. The van der Waals surface area contributed by atoms with Crippen LogP contribution in [-0.2, 0) is 6.54 Å². The van der Waals surface area contributed by atoms with Crippen LogP contribution in [0.4, 0.5) is 4.39 Å². The number of hydrogen-bond donors (Lipinski definition) is 1. The van der Waals surface area contributed by atoms with E-state index in [0.717, 1.165) is 11.1 Å². The molecule has 1 heterocycles. The average molecular weight is 296 g/mol. The Balaban J connectivity index is 1.80. The van der Waals surface area contributed by atoms with Gasteiger partial charge >= 0.3 is 0 Å². The molecule has 1 N–H and O–H groups in total. The van der Waals surface area contributed by atoms with E-state index in [1.807, 2.05) is 18.2 Å². The van der Waals surface area contributed by atoms with Crippen LogP contribution in [0.3, 0.4) is 0 Å². The van der Waals surface area contributed by atoms with Gasteiger partial charge in [0.1, 0.15) is 5.82 Å². The van der Waals surface area contributed by atoms with E-state index in [1.54, 1.807) is 18.2 Å². The molecule has 4 heteroatoms. The van der Waals surface area contributed by atoms with Crippen molar-refractivity contribution in [1.82, 2.24) is 4.90 Å². The quantitative estimate of drug-likeness (QED) is 0.947. The van der Waals surface area contributed by atoms with Crippen LogP contribution in [-0.4, -0.2) is 22.7 Å². The van der Waals surface area contributed by atoms with Crippen molar-refractivity contribution in [1.29, 1.82) is 5.26 Å². The second-order valence-corrected chi connectivity index (χ2v) is 5.70. The molecule has 0 bridgehead atoms. The fourth-order valence-corrected chi connectivity index (χ4v) is 3.03. The Morgan fingerprint density at radius 1 is 1.23 bits per heavy atom. The maximum Gasteiger partial charge on any atom is 0.123 e. The lowest BCUT2D eigenvalue weighted by Gasteiger charge is -2.24. The van der Waals surface area contributed by atoms with Crippen molar-refractivity contribution in [3.63, 3.8) is 0 Å². The largest absolute Gasteiger partial charge is 0.392 e. The molecule has 1 fully saturated rings. The molecule has 0 amide bonds. The van der Waals surface area contributed by atoms with Gasteiger partial charge in [-0.15, -0.1) is 0 Å². The van der Waals surface area contributed by atoms with Gasteiger partial charge in [0, 0.05) is 19.1 Å². The highest BCUT2D eigenvalue weighted by molar-refractivity contribution is 5.32. The highest BCUT2D eigenvalue weighted by Crippen LogP contribution is 2.33. The van der Waals surface area contributed by atoms with E-state index in [1.165, 1.54) is 12.1 Å². The third-order valence-corrected chi connectivity index (χ3v) is 4.08. The smallest absolute Gasteiger partial charge is 0.123 e. The fourth-order valence-electron chi connectivity index (χ4n) is 3.03. The normalized spacial score (nSPS) is 21.7. The molecule has 2 aromatic carbocycles. The molecule has 3 rings (SSSR count). The third-order valence-electron chi connectivity index (χ3n) is 4.08. The van der Waals surface area contributed by atoms with Gasteiger partial charge in [-0.1, -0.05) is 24.3 Å². The zero-order chi connectivity index (χ0) is 15.5. The summed E-state index contributed by atoms with van der Waals surface area (Å²) >= 11 is 0. The van der Waals surface area contributed by atoms with E-state index in [4.69, 9.17) is 5.26 Å². The molecule has 22 heavy (non-hydrogen) atoms. The number of benzene rings is 2. The number of rotatable bonds is 3. The number of aliphatic hydroxyl groups is 1. The minimum absolute atomic E-state index is 0.0151. The van der Waals surface area contributed by atoms with E-state index in [2.05, 4.69) is 11.0 Å². The minimum Gasteiger partial charge on any atom is -0.392 e. The molecule has 2 atom stereocenters. The first-order valence-electron chi connectivity index (χ1n) is 7.32. The molecule has 1 aliphatic rings. The predicted octanol–water partition coefficient (Wildman–Crippen LogP) is 3.01. The van der Waals surface area contributed by atoms with E-state index in [9.17, 15) is 9.50 Å². The molecule has 0 saturated carbocycles. The summed E-state index contributed by atoms with van der Waals surface area (Å²) in [4.78, 5) is 2.15. The van der Waals surface area contributed by atoms with Gasteiger partial charge in [-0.2, -0.15) is 5.26 Å². The highest BCUT2D eigenvalue weighted by Gasteiger charge is 2.32. The number of β-amino-alcohol motifs (C(OH)–C–C–N with tert-alkyl or cyclic N) is 1. The van der Waals surface area contributed by atoms with E-state index in [-0.39, 0.29) is 11.9 Å². The second kappa shape index (κ2) is 6.27. The first kappa shape index (κ1) is 14.7. The van der Waals surface area contributed by atoms with E-state index >= 15 is 0 Å². The number of halogens is 1. The molecule has 0 aromatic heterocycles. The summed E-state index contributed by atoms with van der Waals surface area (Å²) in [6.07, 6.45) is 0.214. The van der Waals surface area contributed by atoms with Crippen molar-refractivity contribution in [3.05, 3.63) is 71.0 Å². The minimum atomic E-state index is -0.397. The fraction of sp³-hybridized carbons (Fsp3) is 0.278. The first-order chi connectivity index (χ1) is 10.7. The highest BCUT2D eigenvalue weighted by atomic mass is 19.1. The van der Waals surface area contributed by atoms with E-state index in [0.29, 0.717) is 25.1 Å². The molecule has 1 aliphatic heterocycles. The van der Waals surface area contributed by atoms with Crippen LogP contribution in [0.1, 0.15) is 29.2 Å². The Bertz CT molecular complexity index is 693. The molecule has 0 unspecified atom stereocenters. The predicted molar refractivity (Wildman–Crippen MR) is 81.3 cm³/mol. The third kappa shape index (κ3) is 3.16. The van der Waals surface area contributed by atoms with Gasteiger partial charge in [0.15, 0.2) is 0 Å². The lowest BCUT2D eigenvalue weighted by atomic mass is 10.0. The molecule has 2 aromatic rings. The summed E-state index contributed by atoms with van der Waals surface area (Å²) in [6.45, 7) is 1.24. The average Bonchev–Trinajstić information content (AvgIpc) is 2.89. The van der Waals surface area contributed by atoms with Crippen LogP contribution in [0.2, 0.25) is 0 Å². The Labute approximate surface area is 129 Å². The van der Waals surface area contributed by atoms with Crippen LogP contribution in [0.5, 0.6) is 0 Å². The molecule has 112 valence electrons. The Hall–Kier alpha value is -2.22. The molecule has 0 aliphatic carbocycles. The maximum atomic E-state index is 13.4. The van der Waals surface area contributed by atoms with Crippen LogP contribution in [0.25, 0.3) is 0 Å². The van der Waals surface area contributed by atoms with Crippen molar-refractivity contribution in [2.75, 3.05) is 6.54 Å². The summed E-state index contributed by atoms with van der Waals surface area (Å²) in [7, 11) is 0. The standard InChI is InChI=1S/C18H17FN2O/c19-16-3-1-2-15(8-16)18-9-17(22)12-21(18)11-14-6-4-13(10-20)5-7-14/h1-8,17-18,22H,9,11-12H2/t17-,18+/m1/s1. The molecule has 0 radical (unpaired) electrons. The topological polar surface area (TPSA) is 47.3 Å². The summed E-state index contributed by atoms with van der Waals surface area (Å²) in [5.41, 5.74) is 2.60. The lowest BCUT2D eigenvalue weighted by molar-refractivity contribution is 0.172. The Kier molecular flexibility index (Phi) is 4.19. The van der Waals surface area contributed by atoms with Crippen LogP contribution < -0.4 is 0 Å². The van der Waals surface area contributed by atoms with Crippen molar-refractivity contribution in [3.8, 4) is 6.07 Å². The van der Waals surface area contributed by atoms with Gasteiger partial charge in [-0.25, -0.2) is 4.39 Å². The number of nitriles is 1. The van der Waals surface area contributed by atoms with Gasteiger partial charge in [0.2, 0.25) is 0 Å². The summed E-state index contributed by atoms with van der Waals surface area (Å²) in [6, 6.07) is 16.1. The van der Waals surface area contributed by atoms with Crippen molar-refractivity contribution in [2.24, 2.45) is 0 Å². The van der Waals surface area contributed by atoms with Gasteiger partial charge in [0.25, 0.3) is 0 Å². The Morgan fingerprint density at radius 3 is 2.68 bits per heavy atom. The molecule has 3 nitrogen and oxygen atoms in total. The van der Waals surface area contributed by atoms with Crippen molar-refractivity contribution < 1.29 is 9.50 Å². The van der Waals surface area contributed by atoms with Gasteiger partial charge in [-0.05, 0) is 41.8 Å². The van der Waals surface area contributed by atoms with Crippen LogP contribution in [0, 0.1) is 17.1 Å². The summed E-state index contributed by atoms with van der Waals surface area (Å²) in [5.74, 6) is -0.253. The van der Waals surface area contributed by atoms with Gasteiger partial charge in [0.05, 0.1) is 17.7 Å². The number of hydrogen-bond acceptors (Lipinski definition) is 3. The number of aliphatic hydroxyl groups excluding tert-OH is 1. The van der Waals surface area contributed by atoms with Crippen molar-refractivity contribution in [2.45, 2.75) is 25.1 Å². The van der Waals surface area contributed by atoms with E-state index < -0.39 is 6.10 Å². The second-order valence-electron chi connectivity index (χ2n) is 5.70. The molecular formula is C18H17FN2O. The zero-order valence-electron chi connectivity index (χ0n) is 12.1. The van der Waals surface area contributed by atoms with Gasteiger partial charge in [-0.3, -0.25) is 4.90 Å². The molecule has 0 spiro atoms. The number of likely N-dealkylation sites (tertiary alicyclic amines) is 1. The Morgan fingerprint density at radius 2 is 2.00 bits per heavy atom.